The average molecular weight is 342 g/mol. The molecule has 9 heteroatoms. The molecule has 1 heterocycles. The van der Waals surface area contributed by atoms with Gasteiger partial charge in [0.25, 0.3) is 0 Å². The first kappa shape index (κ1) is 17.4. The zero-order valence-corrected chi connectivity index (χ0v) is 13.5. The average Bonchev–Trinajstić information content (AvgIpc) is 2.55. The van der Waals surface area contributed by atoms with E-state index < -0.39 is 16.0 Å². The number of rotatable bonds is 5. The van der Waals surface area contributed by atoms with E-state index in [4.69, 9.17) is 9.84 Å². The maximum atomic E-state index is 12.5. The first-order chi connectivity index (χ1) is 10.9. The molecule has 126 valence electrons. The van der Waals surface area contributed by atoms with Gasteiger partial charge in [0.2, 0.25) is 15.9 Å². The van der Waals surface area contributed by atoms with Gasteiger partial charge in [0.05, 0.1) is 10.5 Å². The Morgan fingerprint density at radius 1 is 1.13 bits per heavy atom. The summed E-state index contributed by atoms with van der Waals surface area (Å²) in [6, 6.07) is 5.07. The normalized spacial score (nSPS) is 16.3. The number of amides is 1. The lowest BCUT2D eigenvalue weighted by atomic mass is 10.2. The molecule has 1 aliphatic rings. The van der Waals surface area contributed by atoms with Gasteiger partial charge in [0.1, 0.15) is 6.61 Å². The molecule has 23 heavy (non-hydrogen) atoms. The van der Waals surface area contributed by atoms with Crippen molar-refractivity contribution in [3.63, 3.8) is 0 Å². The van der Waals surface area contributed by atoms with Crippen LogP contribution in [0.15, 0.2) is 29.2 Å². The van der Waals surface area contributed by atoms with Gasteiger partial charge in [-0.25, -0.2) is 13.2 Å². The molecule has 0 saturated carbocycles. The molecule has 0 spiro atoms. The van der Waals surface area contributed by atoms with Crippen LogP contribution in [0.1, 0.15) is 10.4 Å². The molecular weight excluding hydrogens is 324 g/mol. The van der Waals surface area contributed by atoms with E-state index in [1.807, 2.05) is 0 Å². The number of aromatic carboxylic acids is 1. The van der Waals surface area contributed by atoms with E-state index in [0.29, 0.717) is 13.1 Å². The highest BCUT2D eigenvalue weighted by atomic mass is 32.2. The molecule has 0 aliphatic carbocycles. The topological polar surface area (TPSA) is 104 Å². The molecule has 1 N–H and O–H groups in total. The maximum Gasteiger partial charge on any atom is 0.335 e. The van der Waals surface area contributed by atoms with Crippen LogP contribution >= 0.6 is 0 Å². The number of hydrogen-bond donors (Lipinski definition) is 1. The Labute approximate surface area is 134 Å². The van der Waals surface area contributed by atoms with Crippen molar-refractivity contribution in [2.24, 2.45) is 0 Å². The third-order valence-electron chi connectivity index (χ3n) is 3.60. The standard InChI is InChI=1S/C14H18N2O6S/c1-22-10-13(17)15-6-8-16(9-7-15)23(20,21)12-4-2-11(3-5-12)14(18)19/h2-5H,6-10H2,1H3,(H,18,19). The van der Waals surface area contributed by atoms with Gasteiger partial charge in [0.15, 0.2) is 0 Å². The second-order valence-electron chi connectivity index (χ2n) is 5.05. The van der Waals surface area contributed by atoms with Crippen molar-refractivity contribution in [1.82, 2.24) is 9.21 Å². The molecule has 1 aromatic rings. The largest absolute Gasteiger partial charge is 0.478 e. The molecule has 0 radical (unpaired) electrons. The quantitative estimate of drug-likeness (QED) is 0.799. The van der Waals surface area contributed by atoms with E-state index in [2.05, 4.69) is 0 Å². The molecule has 0 atom stereocenters. The summed E-state index contributed by atoms with van der Waals surface area (Å²) in [5.74, 6) is -1.28. The number of carboxylic acids is 1. The van der Waals surface area contributed by atoms with Crippen molar-refractivity contribution >= 4 is 21.9 Å². The van der Waals surface area contributed by atoms with Gasteiger partial charge in [-0.2, -0.15) is 4.31 Å². The zero-order chi connectivity index (χ0) is 17.0. The second kappa shape index (κ2) is 7.07. The maximum absolute atomic E-state index is 12.5. The van der Waals surface area contributed by atoms with Crippen LogP contribution in [-0.2, 0) is 19.6 Å². The predicted molar refractivity (Wildman–Crippen MR) is 80.6 cm³/mol. The van der Waals surface area contributed by atoms with E-state index >= 15 is 0 Å². The summed E-state index contributed by atoms with van der Waals surface area (Å²) >= 11 is 0. The van der Waals surface area contributed by atoms with Crippen LogP contribution in [0.25, 0.3) is 0 Å². The molecule has 8 nitrogen and oxygen atoms in total. The molecule has 0 bridgehead atoms. The van der Waals surface area contributed by atoms with E-state index in [9.17, 15) is 18.0 Å². The zero-order valence-electron chi connectivity index (χ0n) is 12.6. The van der Waals surface area contributed by atoms with Crippen molar-refractivity contribution in [3.8, 4) is 0 Å². The number of carboxylic acid groups (broad SMARTS) is 1. The Hall–Kier alpha value is -1.97. The molecule has 1 saturated heterocycles. The summed E-state index contributed by atoms with van der Waals surface area (Å²) in [6.45, 7) is 0.962. The van der Waals surface area contributed by atoms with Gasteiger partial charge >= 0.3 is 5.97 Å². The van der Waals surface area contributed by atoms with E-state index in [0.717, 1.165) is 0 Å². The number of carbonyl (C=O) groups is 2. The molecular formula is C14H18N2O6S. The van der Waals surface area contributed by atoms with Crippen molar-refractivity contribution in [2.75, 3.05) is 39.9 Å². The van der Waals surface area contributed by atoms with Gasteiger partial charge < -0.3 is 14.7 Å². The Bertz CT molecular complexity index is 678. The van der Waals surface area contributed by atoms with Crippen LogP contribution in [0.3, 0.4) is 0 Å². The number of benzene rings is 1. The number of sulfonamides is 1. The van der Waals surface area contributed by atoms with Crippen molar-refractivity contribution < 1.29 is 27.9 Å². The Morgan fingerprint density at radius 2 is 1.70 bits per heavy atom. The van der Waals surface area contributed by atoms with E-state index in [-0.39, 0.29) is 36.1 Å². The van der Waals surface area contributed by atoms with Gasteiger partial charge in [-0.1, -0.05) is 0 Å². The minimum Gasteiger partial charge on any atom is -0.478 e. The van der Waals surface area contributed by atoms with Crippen LogP contribution in [0.4, 0.5) is 0 Å². The Kier molecular flexibility index (Phi) is 5.34. The summed E-state index contributed by atoms with van der Waals surface area (Å²) in [7, 11) is -2.26. The van der Waals surface area contributed by atoms with Crippen LogP contribution in [0.5, 0.6) is 0 Å². The predicted octanol–water partition coefficient (Wildman–Crippen LogP) is -0.136. The summed E-state index contributed by atoms with van der Waals surface area (Å²) in [6.07, 6.45) is 0. The van der Waals surface area contributed by atoms with Gasteiger partial charge in [-0.15, -0.1) is 0 Å². The Morgan fingerprint density at radius 3 is 2.17 bits per heavy atom. The number of piperazine rings is 1. The third-order valence-corrected chi connectivity index (χ3v) is 5.51. The highest BCUT2D eigenvalue weighted by molar-refractivity contribution is 7.89. The van der Waals surface area contributed by atoms with Gasteiger partial charge in [0, 0.05) is 33.3 Å². The number of hydrogen-bond acceptors (Lipinski definition) is 5. The minimum atomic E-state index is -3.69. The summed E-state index contributed by atoms with van der Waals surface area (Å²) in [4.78, 5) is 24.1. The molecule has 1 fully saturated rings. The molecule has 0 aromatic heterocycles. The minimum absolute atomic E-state index is 0.0244. The fourth-order valence-corrected chi connectivity index (χ4v) is 3.73. The third kappa shape index (κ3) is 3.87. The first-order valence-corrected chi connectivity index (χ1v) is 8.40. The number of methoxy groups -OCH3 is 1. The Balaban J connectivity index is 2.07. The van der Waals surface area contributed by atoms with Crippen LogP contribution in [0, 0.1) is 0 Å². The van der Waals surface area contributed by atoms with Crippen LogP contribution in [-0.4, -0.2) is 74.5 Å². The van der Waals surface area contributed by atoms with Crippen molar-refractivity contribution in [1.29, 1.82) is 0 Å². The molecule has 1 aromatic carbocycles. The fourth-order valence-electron chi connectivity index (χ4n) is 2.31. The summed E-state index contributed by atoms with van der Waals surface area (Å²) in [5, 5.41) is 8.84. The van der Waals surface area contributed by atoms with Crippen LogP contribution < -0.4 is 0 Å². The highest BCUT2D eigenvalue weighted by Gasteiger charge is 2.30. The van der Waals surface area contributed by atoms with Gasteiger partial charge in [-0.05, 0) is 24.3 Å². The van der Waals surface area contributed by atoms with Crippen molar-refractivity contribution in [3.05, 3.63) is 29.8 Å². The second-order valence-corrected chi connectivity index (χ2v) is 6.99. The van der Waals surface area contributed by atoms with Crippen LogP contribution in [0.2, 0.25) is 0 Å². The first-order valence-electron chi connectivity index (χ1n) is 6.96. The number of ether oxygens (including phenoxy) is 1. The fraction of sp³-hybridized carbons (Fsp3) is 0.429. The lowest BCUT2D eigenvalue weighted by Gasteiger charge is -2.33. The van der Waals surface area contributed by atoms with Crippen molar-refractivity contribution in [2.45, 2.75) is 4.90 Å². The molecule has 2 rings (SSSR count). The highest BCUT2D eigenvalue weighted by Crippen LogP contribution is 2.18. The number of carbonyl (C=O) groups excluding carboxylic acids is 1. The monoisotopic (exact) mass is 342 g/mol. The lowest BCUT2D eigenvalue weighted by Crippen LogP contribution is -2.51. The van der Waals surface area contributed by atoms with E-state index in [1.165, 1.54) is 35.7 Å². The van der Waals surface area contributed by atoms with Gasteiger partial charge in [-0.3, -0.25) is 4.79 Å². The lowest BCUT2D eigenvalue weighted by molar-refractivity contribution is -0.136. The SMILES string of the molecule is COCC(=O)N1CCN(S(=O)(=O)c2ccc(C(=O)O)cc2)CC1. The smallest absolute Gasteiger partial charge is 0.335 e. The molecule has 0 unspecified atom stereocenters. The van der Waals surface area contributed by atoms with E-state index in [1.54, 1.807) is 4.90 Å². The molecule has 1 aliphatic heterocycles. The summed E-state index contributed by atoms with van der Waals surface area (Å²) in [5.41, 5.74) is 0.0268. The number of nitrogens with zero attached hydrogens (tertiary/aromatic N) is 2. The summed E-state index contributed by atoms with van der Waals surface area (Å²) < 4.78 is 31.1. The molecule has 1 amide bonds.